The Labute approximate surface area is 159 Å². The van der Waals surface area contributed by atoms with Gasteiger partial charge >= 0.3 is 6.18 Å². The number of aromatic nitrogens is 2. The van der Waals surface area contributed by atoms with Crippen LogP contribution in [0.3, 0.4) is 0 Å². The van der Waals surface area contributed by atoms with Crippen LogP contribution in [0.25, 0.3) is 11.0 Å². The summed E-state index contributed by atoms with van der Waals surface area (Å²) >= 11 is 0. The summed E-state index contributed by atoms with van der Waals surface area (Å²) in [5, 5.41) is 0. The number of alkyl halides is 3. The summed E-state index contributed by atoms with van der Waals surface area (Å²) in [6.07, 6.45) is 1.21. The van der Waals surface area contributed by atoms with Crippen LogP contribution in [-0.4, -0.2) is 22.0 Å². The van der Waals surface area contributed by atoms with Gasteiger partial charge in [-0.3, -0.25) is 4.79 Å². The molecule has 0 radical (unpaired) electrons. The van der Waals surface area contributed by atoms with Crippen molar-refractivity contribution in [3.05, 3.63) is 59.9 Å². The number of imidazole rings is 1. The summed E-state index contributed by atoms with van der Waals surface area (Å²) in [7, 11) is 0. The van der Waals surface area contributed by atoms with Gasteiger partial charge in [0.05, 0.1) is 23.1 Å². The number of nitrogens with zero attached hydrogens (tertiary/aromatic N) is 3. The van der Waals surface area contributed by atoms with Gasteiger partial charge in [0.15, 0.2) is 0 Å². The second-order valence-electron chi connectivity index (χ2n) is 6.70. The van der Waals surface area contributed by atoms with Gasteiger partial charge in [-0.25, -0.2) is 4.98 Å². The van der Waals surface area contributed by atoms with Crippen molar-refractivity contribution >= 4 is 22.6 Å². The Hall–Kier alpha value is -3.27. The second-order valence-corrected chi connectivity index (χ2v) is 6.70. The molecule has 1 aromatic heterocycles. The van der Waals surface area contributed by atoms with Crippen molar-refractivity contribution in [2.45, 2.75) is 25.1 Å². The van der Waals surface area contributed by atoms with E-state index in [9.17, 15) is 18.0 Å². The van der Waals surface area contributed by atoms with Crippen molar-refractivity contribution < 1.29 is 18.0 Å². The van der Waals surface area contributed by atoms with Crippen LogP contribution in [0.2, 0.25) is 0 Å². The van der Waals surface area contributed by atoms with Gasteiger partial charge in [0, 0.05) is 24.6 Å². The number of para-hydroxylation sites is 2. The maximum atomic E-state index is 13.0. The number of fused-ring (bicyclic) bond motifs is 1. The molecule has 1 aliphatic heterocycles. The van der Waals surface area contributed by atoms with E-state index in [1.54, 1.807) is 0 Å². The van der Waals surface area contributed by atoms with Crippen molar-refractivity contribution in [2.75, 3.05) is 11.4 Å². The fraction of sp³-hybridized carbons (Fsp3) is 0.238. The van der Waals surface area contributed by atoms with Crippen molar-refractivity contribution in [2.24, 2.45) is 0 Å². The van der Waals surface area contributed by atoms with E-state index in [0.717, 1.165) is 23.2 Å². The summed E-state index contributed by atoms with van der Waals surface area (Å²) in [5.41, 5.74) is 1.11. The van der Waals surface area contributed by atoms with Crippen LogP contribution in [0.4, 0.5) is 18.9 Å². The van der Waals surface area contributed by atoms with Crippen LogP contribution in [0.1, 0.15) is 23.7 Å². The Kier molecular flexibility index (Phi) is 4.34. The van der Waals surface area contributed by atoms with E-state index >= 15 is 0 Å². The van der Waals surface area contributed by atoms with Gasteiger partial charge in [-0.05, 0) is 30.3 Å². The Morgan fingerprint density at radius 2 is 1.96 bits per heavy atom. The lowest BCUT2D eigenvalue weighted by Crippen LogP contribution is -2.25. The second kappa shape index (κ2) is 6.71. The molecule has 1 amide bonds. The van der Waals surface area contributed by atoms with Crippen LogP contribution in [0.5, 0.6) is 0 Å². The molecular weight excluding hydrogens is 367 g/mol. The van der Waals surface area contributed by atoms with Crippen LogP contribution < -0.4 is 4.90 Å². The predicted octanol–water partition coefficient (Wildman–Crippen LogP) is 4.21. The molecule has 3 aromatic rings. The molecule has 1 fully saturated rings. The molecular formula is C21H16F3N3O. The number of terminal acetylenes is 1. The first-order valence-corrected chi connectivity index (χ1v) is 8.74. The number of hydrogen-bond acceptors (Lipinski definition) is 2. The van der Waals surface area contributed by atoms with E-state index in [1.165, 1.54) is 17.0 Å². The third-order valence-electron chi connectivity index (χ3n) is 4.91. The fourth-order valence-corrected chi connectivity index (χ4v) is 3.64. The lowest BCUT2D eigenvalue weighted by atomic mass is 10.1. The van der Waals surface area contributed by atoms with Crippen molar-refractivity contribution in [1.29, 1.82) is 0 Å². The lowest BCUT2D eigenvalue weighted by Gasteiger charge is -2.18. The third-order valence-corrected chi connectivity index (χ3v) is 4.91. The van der Waals surface area contributed by atoms with Crippen molar-refractivity contribution in [3.8, 4) is 12.3 Å². The normalized spacial score (nSPS) is 17.3. The van der Waals surface area contributed by atoms with Gasteiger partial charge in [0.2, 0.25) is 5.91 Å². The monoisotopic (exact) mass is 383 g/mol. The van der Waals surface area contributed by atoms with E-state index in [4.69, 9.17) is 6.42 Å². The summed E-state index contributed by atoms with van der Waals surface area (Å²) < 4.78 is 40.9. The lowest BCUT2D eigenvalue weighted by molar-refractivity contribution is -0.137. The number of carbonyl (C=O) groups excluding carboxylic acids is 1. The summed E-state index contributed by atoms with van der Waals surface area (Å²) in [4.78, 5) is 18.6. The summed E-state index contributed by atoms with van der Waals surface area (Å²) in [5.74, 6) is 2.81. The maximum Gasteiger partial charge on any atom is 0.416 e. The fourth-order valence-electron chi connectivity index (χ4n) is 3.64. The van der Waals surface area contributed by atoms with Crippen LogP contribution >= 0.6 is 0 Å². The van der Waals surface area contributed by atoms with E-state index in [-0.39, 0.29) is 30.5 Å². The zero-order valence-corrected chi connectivity index (χ0v) is 14.8. The molecule has 2 heterocycles. The molecule has 0 bridgehead atoms. The molecule has 2 aromatic carbocycles. The smallest absolute Gasteiger partial charge is 0.316 e. The molecule has 4 rings (SSSR count). The first kappa shape index (κ1) is 18.1. The van der Waals surface area contributed by atoms with Crippen molar-refractivity contribution in [1.82, 2.24) is 9.55 Å². The maximum absolute atomic E-state index is 13.0. The van der Waals surface area contributed by atoms with E-state index in [0.29, 0.717) is 12.4 Å². The average molecular weight is 383 g/mol. The molecule has 7 heteroatoms. The minimum Gasteiger partial charge on any atom is -0.316 e. The predicted molar refractivity (Wildman–Crippen MR) is 99.7 cm³/mol. The SMILES string of the molecule is C#CCn1c(C2CC(=O)N(c3cccc(C(F)(F)F)c3)C2)nc2ccccc21. The van der Waals surface area contributed by atoms with Gasteiger partial charge in [0.1, 0.15) is 5.82 Å². The first-order valence-electron chi connectivity index (χ1n) is 8.74. The number of anilines is 1. The number of hydrogen-bond donors (Lipinski definition) is 0. The molecule has 0 saturated carbocycles. The molecule has 1 unspecified atom stereocenters. The first-order chi connectivity index (χ1) is 13.4. The Balaban J connectivity index is 1.69. The quantitative estimate of drug-likeness (QED) is 0.636. The molecule has 0 spiro atoms. The highest BCUT2D eigenvalue weighted by Crippen LogP contribution is 2.36. The molecule has 1 aliphatic rings. The number of carbonyl (C=O) groups is 1. The van der Waals surface area contributed by atoms with Crippen LogP contribution in [0, 0.1) is 12.3 Å². The summed E-state index contributed by atoms with van der Waals surface area (Å²) in [6.45, 7) is 0.568. The topological polar surface area (TPSA) is 38.1 Å². The Morgan fingerprint density at radius 3 is 2.71 bits per heavy atom. The van der Waals surface area contributed by atoms with Gasteiger partial charge in [-0.2, -0.15) is 13.2 Å². The van der Waals surface area contributed by atoms with Crippen molar-refractivity contribution in [3.63, 3.8) is 0 Å². The van der Waals surface area contributed by atoms with Crippen LogP contribution in [-0.2, 0) is 17.5 Å². The molecule has 1 atom stereocenters. The largest absolute Gasteiger partial charge is 0.416 e. The standard InChI is InChI=1S/C21H16F3N3O/c1-2-10-26-18-9-4-3-8-17(18)25-20(26)14-11-19(28)27(13-14)16-7-5-6-15(12-16)21(22,23)24/h1,3-9,12,14H,10-11,13H2. The highest BCUT2D eigenvalue weighted by Gasteiger charge is 2.36. The molecule has 142 valence electrons. The zero-order chi connectivity index (χ0) is 19.9. The van der Waals surface area contributed by atoms with E-state index in [2.05, 4.69) is 10.9 Å². The van der Waals surface area contributed by atoms with Gasteiger partial charge in [-0.1, -0.05) is 24.1 Å². The summed E-state index contributed by atoms with van der Waals surface area (Å²) in [6, 6.07) is 12.4. The van der Waals surface area contributed by atoms with Gasteiger partial charge in [0.25, 0.3) is 0 Å². The molecule has 0 N–H and O–H groups in total. The number of benzene rings is 2. The van der Waals surface area contributed by atoms with Gasteiger partial charge in [-0.15, -0.1) is 6.42 Å². The average Bonchev–Trinajstić information content (AvgIpc) is 3.22. The number of amides is 1. The molecule has 0 aliphatic carbocycles. The minimum absolute atomic E-state index is 0.171. The minimum atomic E-state index is -4.46. The van der Waals surface area contributed by atoms with E-state index < -0.39 is 11.7 Å². The van der Waals surface area contributed by atoms with E-state index in [1.807, 2.05) is 28.8 Å². The zero-order valence-electron chi connectivity index (χ0n) is 14.8. The number of rotatable bonds is 3. The third kappa shape index (κ3) is 3.11. The Bertz CT molecular complexity index is 1090. The highest BCUT2D eigenvalue weighted by atomic mass is 19.4. The van der Waals surface area contributed by atoms with Crippen LogP contribution in [0.15, 0.2) is 48.5 Å². The molecule has 1 saturated heterocycles. The number of halogens is 3. The molecule has 4 nitrogen and oxygen atoms in total. The van der Waals surface area contributed by atoms with Gasteiger partial charge < -0.3 is 9.47 Å². The highest BCUT2D eigenvalue weighted by molar-refractivity contribution is 5.96. The molecule has 28 heavy (non-hydrogen) atoms. The Morgan fingerprint density at radius 1 is 1.18 bits per heavy atom.